The lowest BCUT2D eigenvalue weighted by molar-refractivity contribution is 0.0649. The Morgan fingerprint density at radius 2 is 1.96 bits per heavy atom. The highest BCUT2D eigenvalue weighted by atomic mass is 16.5. The van der Waals surface area contributed by atoms with Crippen LogP contribution in [-0.4, -0.2) is 86.7 Å². The Hall–Kier alpha value is -1.38. The minimum Gasteiger partial charge on any atom is -0.493 e. The second kappa shape index (κ2) is 11.0. The summed E-state index contributed by atoms with van der Waals surface area (Å²) in [5.41, 5.74) is 7.19. The molecule has 3 rings (SSSR count). The first-order chi connectivity index (χ1) is 13.6. The van der Waals surface area contributed by atoms with E-state index in [1.807, 2.05) is 12.1 Å². The molecule has 7 heteroatoms. The molecule has 1 atom stereocenters. The predicted molar refractivity (Wildman–Crippen MR) is 109 cm³/mol. The lowest BCUT2D eigenvalue weighted by atomic mass is 10.1. The van der Waals surface area contributed by atoms with Crippen molar-refractivity contribution in [1.29, 1.82) is 0 Å². The van der Waals surface area contributed by atoms with Gasteiger partial charge in [-0.3, -0.25) is 9.80 Å². The molecule has 2 aliphatic rings. The summed E-state index contributed by atoms with van der Waals surface area (Å²) in [4.78, 5) is 4.65. The average Bonchev–Trinajstić information content (AvgIpc) is 2.97. The number of aliphatic hydroxyl groups is 1. The Kier molecular flexibility index (Phi) is 8.36. The third kappa shape index (κ3) is 6.60. The van der Waals surface area contributed by atoms with Gasteiger partial charge in [-0.15, -0.1) is 0 Å². The number of nitrogens with two attached hydrogens (primary N) is 1. The fraction of sp³-hybridized carbons (Fsp3) is 0.714. The van der Waals surface area contributed by atoms with Gasteiger partial charge in [-0.1, -0.05) is 6.07 Å². The second-order valence-electron chi connectivity index (χ2n) is 7.83. The van der Waals surface area contributed by atoms with E-state index < -0.39 is 6.10 Å². The van der Waals surface area contributed by atoms with Gasteiger partial charge in [-0.25, -0.2) is 0 Å². The molecule has 3 N–H and O–H groups in total. The number of nitrogens with zero attached hydrogens (tertiary/aromatic N) is 2. The number of hydrogen-bond acceptors (Lipinski definition) is 7. The molecule has 0 saturated carbocycles. The van der Waals surface area contributed by atoms with E-state index in [1.165, 1.54) is 5.56 Å². The molecular formula is C21H35N3O4. The number of β-amino-alcohol motifs (C(OH)–C–C–N with tert-alkyl or cyclic N) is 1. The molecule has 0 amide bonds. The predicted octanol–water partition coefficient (Wildman–Crippen LogP) is 1.08. The van der Waals surface area contributed by atoms with Gasteiger partial charge in [-0.2, -0.15) is 0 Å². The number of methoxy groups -OCH3 is 1. The number of aliphatic hydroxyl groups excluding tert-OH is 1. The maximum atomic E-state index is 10.3. The minimum atomic E-state index is -0.542. The highest BCUT2D eigenvalue weighted by Crippen LogP contribution is 2.29. The molecule has 0 aromatic heterocycles. The van der Waals surface area contributed by atoms with Gasteiger partial charge in [0.1, 0.15) is 12.7 Å². The van der Waals surface area contributed by atoms with Crippen LogP contribution in [0.15, 0.2) is 18.2 Å². The topological polar surface area (TPSA) is 80.4 Å². The summed E-state index contributed by atoms with van der Waals surface area (Å²) >= 11 is 0. The molecule has 1 aromatic rings. The molecule has 0 aliphatic carbocycles. The summed E-state index contributed by atoms with van der Waals surface area (Å²) in [6, 6.07) is 6.39. The highest BCUT2D eigenvalue weighted by Gasteiger charge is 2.18. The first-order valence-corrected chi connectivity index (χ1v) is 10.4. The van der Waals surface area contributed by atoms with E-state index >= 15 is 0 Å². The Bertz CT molecular complexity index is 585. The monoisotopic (exact) mass is 393 g/mol. The number of piperidine rings is 1. The zero-order valence-electron chi connectivity index (χ0n) is 17.0. The van der Waals surface area contributed by atoms with Crippen LogP contribution in [-0.2, 0) is 11.3 Å². The summed E-state index contributed by atoms with van der Waals surface area (Å²) in [5.74, 6) is 1.38. The molecule has 2 heterocycles. The van der Waals surface area contributed by atoms with Crippen molar-refractivity contribution in [1.82, 2.24) is 9.80 Å². The van der Waals surface area contributed by atoms with Gasteiger partial charge in [0.15, 0.2) is 11.5 Å². The van der Waals surface area contributed by atoms with Gasteiger partial charge in [0.25, 0.3) is 0 Å². The molecule has 158 valence electrons. The maximum Gasteiger partial charge on any atom is 0.161 e. The Morgan fingerprint density at radius 1 is 1.14 bits per heavy atom. The molecule has 0 radical (unpaired) electrons. The SMILES string of the molecule is COc1cc(CN2CCC(N)CC2)ccc1OCC(O)CN1CCCOCC1. The van der Waals surface area contributed by atoms with E-state index in [9.17, 15) is 5.11 Å². The van der Waals surface area contributed by atoms with Gasteiger partial charge >= 0.3 is 0 Å². The quantitative estimate of drug-likeness (QED) is 0.684. The number of benzene rings is 1. The van der Waals surface area contributed by atoms with Gasteiger partial charge in [0.2, 0.25) is 0 Å². The van der Waals surface area contributed by atoms with Crippen LogP contribution in [0.4, 0.5) is 0 Å². The maximum absolute atomic E-state index is 10.3. The average molecular weight is 394 g/mol. The summed E-state index contributed by atoms with van der Waals surface area (Å²) in [5, 5.41) is 10.3. The Balaban J connectivity index is 1.49. The van der Waals surface area contributed by atoms with E-state index in [0.717, 1.165) is 65.2 Å². The minimum absolute atomic E-state index is 0.247. The molecular weight excluding hydrogens is 358 g/mol. The molecule has 28 heavy (non-hydrogen) atoms. The second-order valence-corrected chi connectivity index (χ2v) is 7.83. The highest BCUT2D eigenvalue weighted by molar-refractivity contribution is 5.43. The van der Waals surface area contributed by atoms with Crippen molar-refractivity contribution in [2.24, 2.45) is 5.73 Å². The number of ether oxygens (including phenoxy) is 3. The van der Waals surface area contributed by atoms with Gasteiger partial charge in [0, 0.05) is 38.8 Å². The fourth-order valence-corrected chi connectivity index (χ4v) is 3.82. The number of rotatable bonds is 8. The van der Waals surface area contributed by atoms with Crippen LogP contribution in [0.3, 0.4) is 0 Å². The van der Waals surface area contributed by atoms with Crippen LogP contribution in [0.2, 0.25) is 0 Å². The molecule has 1 unspecified atom stereocenters. The summed E-state index contributed by atoms with van der Waals surface area (Å²) in [6.45, 7) is 7.15. The normalized spacial score (nSPS) is 21.2. The van der Waals surface area contributed by atoms with Crippen molar-refractivity contribution in [2.75, 3.05) is 59.7 Å². The van der Waals surface area contributed by atoms with E-state index in [-0.39, 0.29) is 6.61 Å². The number of hydrogen-bond donors (Lipinski definition) is 2. The van der Waals surface area contributed by atoms with E-state index in [2.05, 4.69) is 15.9 Å². The van der Waals surface area contributed by atoms with Crippen LogP contribution in [0, 0.1) is 0 Å². The molecule has 2 fully saturated rings. The van der Waals surface area contributed by atoms with Crippen LogP contribution >= 0.6 is 0 Å². The van der Waals surface area contributed by atoms with Gasteiger partial charge in [-0.05, 0) is 50.0 Å². The summed E-state index contributed by atoms with van der Waals surface area (Å²) in [6.07, 6.45) is 2.57. The van der Waals surface area contributed by atoms with Crippen LogP contribution in [0.25, 0.3) is 0 Å². The molecule has 1 aromatic carbocycles. The Labute approximate surface area is 168 Å². The third-order valence-corrected chi connectivity index (χ3v) is 5.48. The molecule has 7 nitrogen and oxygen atoms in total. The molecule has 0 bridgehead atoms. The van der Waals surface area contributed by atoms with Gasteiger partial charge < -0.3 is 25.1 Å². The van der Waals surface area contributed by atoms with E-state index in [0.29, 0.717) is 24.1 Å². The standard InChI is InChI=1S/C21H35N3O4/c1-26-21-13-17(14-24-8-5-18(22)6-9-24)3-4-20(21)28-16-19(25)15-23-7-2-11-27-12-10-23/h3-4,13,18-19,25H,2,5-12,14-16,22H2,1H3. The van der Waals surface area contributed by atoms with Crippen molar-refractivity contribution >= 4 is 0 Å². The fourth-order valence-electron chi connectivity index (χ4n) is 3.82. The van der Waals surface area contributed by atoms with E-state index in [4.69, 9.17) is 19.9 Å². The smallest absolute Gasteiger partial charge is 0.161 e. The van der Waals surface area contributed by atoms with Crippen molar-refractivity contribution in [3.63, 3.8) is 0 Å². The largest absolute Gasteiger partial charge is 0.493 e. The lowest BCUT2D eigenvalue weighted by Crippen LogP contribution is -2.39. The molecule has 2 aliphatic heterocycles. The zero-order valence-corrected chi connectivity index (χ0v) is 17.0. The van der Waals surface area contributed by atoms with Crippen molar-refractivity contribution in [2.45, 2.75) is 38.0 Å². The lowest BCUT2D eigenvalue weighted by Gasteiger charge is -2.30. The van der Waals surface area contributed by atoms with Crippen molar-refractivity contribution < 1.29 is 19.3 Å². The zero-order chi connectivity index (χ0) is 19.8. The molecule has 0 spiro atoms. The van der Waals surface area contributed by atoms with Crippen molar-refractivity contribution in [3.8, 4) is 11.5 Å². The third-order valence-electron chi connectivity index (χ3n) is 5.48. The number of likely N-dealkylation sites (tertiary alicyclic amines) is 1. The molecule has 2 saturated heterocycles. The van der Waals surface area contributed by atoms with Crippen LogP contribution < -0.4 is 15.2 Å². The first kappa shape index (κ1) is 21.3. The summed E-state index contributed by atoms with van der Waals surface area (Å²) in [7, 11) is 1.65. The van der Waals surface area contributed by atoms with Crippen LogP contribution in [0.5, 0.6) is 11.5 Å². The van der Waals surface area contributed by atoms with Crippen LogP contribution in [0.1, 0.15) is 24.8 Å². The van der Waals surface area contributed by atoms with E-state index in [1.54, 1.807) is 7.11 Å². The Morgan fingerprint density at radius 3 is 2.75 bits per heavy atom. The summed E-state index contributed by atoms with van der Waals surface area (Å²) < 4.78 is 16.8. The first-order valence-electron chi connectivity index (χ1n) is 10.4. The van der Waals surface area contributed by atoms with Crippen molar-refractivity contribution in [3.05, 3.63) is 23.8 Å². The van der Waals surface area contributed by atoms with Gasteiger partial charge in [0.05, 0.1) is 13.7 Å².